The van der Waals surface area contributed by atoms with E-state index in [2.05, 4.69) is 32.9 Å². The number of benzene rings is 1. The number of hydrogen-bond acceptors (Lipinski definition) is 3. The molecule has 1 aromatic carbocycles. The van der Waals surface area contributed by atoms with Crippen molar-refractivity contribution in [2.24, 2.45) is 5.92 Å². The predicted molar refractivity (Wildman–Crippen MR) is 92.3 cm³/mol. The largest absolute Gasteiger partial charge is 0.338 e. The Bertz CT molecular complexity index is 663. The van der Waals surface area contributed by atoms with E-state index in [-0.39, 0.29) is 6.03 Å². The van der Waals surface area contributed by atoms with E-state index in [9.17, 15) is 4.79 Å². The van der Waals surface area contributed by atoms with E-state index in [1.54, 1.807) is 11.0 Å². The number of hydrogen-bond donors (Lipinski definition) is 2. The average molecular weight is 325 g/mol. The summed E-state index contributed by atoms with van der Waals surface area (Å²) < 4.78 is 1.78. The molecule has 2 N–H and O–H groups in total. The summed E-state index contributed by atoms with van der Waals surface area (Å²) in [6.45, 7) is 1.97. The quantitative estimate of drug-likeness (QED) is 0.802. The highest BCUT2D eigenvalue weighted by atomic mass is 16.2. The Hall–Kier alpha value is -2.63. The minimum absolute atomic E-state index is 0.101. The molecule has 0 radical (unpaired) electrons. The Balaban J connectivity index is 1.39. The highest BCUT2D eigenvalue weighted by Gasteiger charge is 2.10. The molecule has 0 fully saturated rings. The summed E-state index contributed by atoms with van der Waals surface area (Å²) in [5, 5.41) is 9.96. The fourth-order valence-corrected chi connectivity index (χ4v) is 2.79. The van der Waals surface area contributed by atoms with Gasteiger partial charge in [0.1, 0.15) is 12.7 Å². The zero-order valence-corrected chi connectivity index (χ0v) is 13.7. The van der Waals surface area contributed by atoms with Crippen molar-refractivity contribution in [3.63, 3.8) is 0 Å². The first kappa shape index (κ1) is 16.2. The van der Waals surface area contributed by atoms with Crippen LogP contribution in [0.5, 0.6) is 0 Å². The zero-order valence-electron chi connectivity index (χ0n) is 13.7. The van der Waals surface area contributed by atoms with Crippen LogP contribution in [0.2, 0.25) is 0 Å². The molecule has 6 heteroatoms. The van der Waals surface area contributed by atoms with Crippen molar-refractivity contribution in [2.75, 3.05) is 6.54 Å². The Morgan fingerprint density at radius 3 is 2.71 bits per heavy atom. The van der Waals surface area contributed by atoms with Crippen molar-refractivity contribution in [3.05, 3.63) is 60.2 Å². The summed E-state index contributed by atoms with van der Waals surface area (Å²) in [5.41, 5.74) is 2.23. The third kappa shape index (κ3) is 4.94. The van der Waals surface area contributed by atoms with Crippen LogP contribution in [0.15, 0.2) is 49.1 Å². The predicted octanol–water partition coefficient (Wildman–Crippen LogP) is 2.48. The van der Waals surface area contributed by atoms with Gasteiger partial charge in [0.2, 0.25) is 0 Å². The summed E-state index contributed by atoms with van der Waals surface area (Å²) in [6, 6.07) is 8.05. The molecule has 2 amide bonds. The average Bonchev–Trinajstić information content (AvgIpc) is 3.13. The minimum atomic E-state index is -0.101. The summed E-state index contributed by atoms with van der Waals surface area (Å²) in [6.07, 6.45) is 11.0. The molecule has 24 heavy (non-hydrogen) atoms. The molecule has 1 atom stereocenters. The van der Waals surface area contributed by atoms with Gasteiger partial charge in [-0.15, -0.1) is 0 Å². The van der Waals surface area contributed by atoms with Gasteiger partial charge in [-0.3, -0.25) is 0 Å². The molecule has 1 aliphatic carbocycles. The molecule has 0 saturated carbocycles. The highest BCUT2D eigenvalue weighted by Crippen LogP contribution is 2.16. The second kappa shape index (κ2) is 8.29. The van der Waals surface area contributed by atoms with Gasteiger partial charge in [0, 0.05) is 13.1 Å². The molecule has 0 spiro atoms. The monoisotopic (exact) mass is 325 g/mol. The first-order chi connectivity index (χ1) is 11.8. The maximum Gasteiger partial charge on any atom is 0.315 e. The number of aromatic nitrogens is 3. The standard InChI is InChI=1S/C18H23N5O/c24-18(20-10-15-4-2-1-3-5-15)21-11-16-6-8-17(9-7-16)12-23-14-19-13-22-23/h1-2,6-9,13-15H,3-5,10-12H2,(H2,20,21,24)/t15-/m1/s1. The first-order valence-corrected chi connectivity index (χ1v) is 8.36. The van der Waals surface area contributed by atoms with E-state index in [0.717, 1.165) is 36.9 Å². The first-order valence-electron chi connectivity index (χ1n) is 8.36. The van der Waals surface area contributed by atoms with Crippen LogP contribution in [0.25, 0.3) is 0 Å². The number of carbonyl (C=O) groups is 1. The summed E-state index contributed by atoms with van der Waals surface area (Å²) in [5.74, 6) is 0.566. The van der Waals surface area contributed by atoms with Crippen LogP contribution in [0, 0.1) is 5.92 Å². The lowest BCUT2D eigenvalue weighted by molar-refractivity contribution is 0.238. The topological polar surface area (TPSA) is 71.8 Å². The molecular weight excluding hydrogens is 302 g/mol. The van der Waals surface area contributed by atoms with Gasteiger partial charge in [-0.05, 0) is 36.3 Å². The van der Waals surface area contributed by atoms with Crippen molar-refractivity contribution in [3.8, 4) is 0 Å². The molecule has 3 rings (SSSR count). The fraction of sp³-hybridized carbons (Fsp3) is 0.389. The van der Waals surface area contributed by atoms with Crippen LogP contribution >= 0.6 is 0 Å². The maximum absolute atomic E-state index is 11.9. The molecule has 1 aromatic heterocycles. The number of nitrogens with zero attached hydrogens (tertiary/aromatic N) is 3. The number of rotatable bonds is 6. The smallest absolute Gasteiger partial charge is 0.315 e. The van der Waals surface area contributed by atoms with Crippen LogP contribution in [-0.4, -0.2) is 27.3 Å². The molecule has 0 bridgehead atoms. The molecule has 0 saturated heterocycles. The van der Waals surface area contributed by atoms with Gasteiger partial charge in [0.15, 0.2) is 0 Å². The lowest BCUT2D eigenvalue weighted by Crippen LogP contribution is -2.38. The lowest BCUT2D eigenvalue weighted by Gasteiger charge is -2.18. The van der Waals surface area contributed by atoms with Crippen LogP contribution in [0.1, 0.15) is 30.4 Å². The van der Waals surface area contributed by atoms with Crippen molar-refractivity contribution in [1.29, 1.82) is 0 Å². The van der Waals surface area contributed by atoms with Crippen molar-refractivity contribution < 1.29 is 4.79 Å². The van der Waals surface area contributed by atoms with Crippen LogP contribution < -0.4 is 10.6 Å². The molecule has 2 aromatic rings. The Morgan fingerprint density at radius 2 is 2.00 bits per heavy atom. The van der Waals surface area contributed by atoms with E-state index in [4.69, 9.17) is 0 Å². The number of carbonyl (C=O) groups excluding carboxylic acids is 1. The summed E-state index contributed by atoms with van der Waals surface area (Å²) >= 11 is 0. The van der Waals surface area contributed by atoms with Crippen molar-refractivity contribution in [1.82, 2.24) is 25.4 Å². The Morgan fingerprint density at radius 1 is 1.17 bits per heavy atom. The molecule has 0 unspecified atom stereocenters. The highest BCUT2D eigenvalue weighted by molar-refractivity contribution is 5.73. The van der Waals surface area contributed by atoms with E-state index in [0.29, 0.717) is 19.0 Å². The molecule has 6 nitrogen and oxygen atoms in total. The van der Waals surface area contributed by atoms with E-state index in [1.807, 2.05) is 24.3 Å². The van der Waals surface area contributed by atoms with E-state index >= 15 is 0 Å². The third-order valence-corrected chi connectivity index (χ3v) is 4.22. The number of amides is 2. The number of urea groups is 1. The second-order valence-electron chi connectivity index (χ2n) is 6.12. The van der Waals surface area contributed by atoms with Gasteiger partial charge in [-0.2, -0.15) is 5.10 Å². The van der Waals surface area contributed by atoms with Crippen LogP contribution in [0.3, 0.4) is 0 Å². The van der Waals surface area contributed by atoms with Crippen LogP contribution in [-0.2, 0) is 13.1 Å². The van der Waals surface area contributed by atoms with Crippen molar-refractivity contribution in [2.45, 2.75) is 32.4 Å². The van der Waals surface area contributed by atoms with Gasteiger partial charge < -0.3 is 10.6 Å². The van der Waals surface area contributed by atoms with Gasteiger partial charge in [-0.25, -0.2) is 14.5 Å². The van der Waals surface area contributed by atoms with Crippen LogP contribution in [0.4, 0.5) is 4.79 Å². The molecular formula is C18H23N5O. The number of allylic oxidation sites excluding steroid dienone is 2. The second-order valence-corrected chi connectivity index (χ2v) is 6.12. The van der Waals surface area contributed by atoms with Gasteiger partial charge in [0.05, 0.1) is 6.54 Å². The Labute approximate surface area is 142 Å². The summed E-state index contributed by atoms with van der Waals surface area (Å²) in [4.78, 5) is 15.8. The van der Waals surface area contributed by atoms with Gasteiger partial charge in [0.25, 0.3) is 0 Å². The molecule has 0 aliphatic heterocycles. The summed E-state index contributed by atoms with van der Waals surface area (Å²) in [7, 11) is 0. The zero-order chi connectivity index (χ0) is 16.6. The van der Waals surface area contributed by atoms with Gasteiger partial charge in [-0.1, -0.05) is 36.4 Å². The number of nitrogens with one attached hydrogen (secondary N) is 2. The van der Waals surface area contributed by atoms with E-state index in [1.165, 1.54) is 6.33 Å². The minimum Gasteiger partial charge on any atom is -0.338 e. The maximum atomic E-state index is 11.9. The Kier molecular flexibility index (Phi) is 5.61. The van der Waals surface area contributed by atoms with Gasteiger partial charge >= 0.3 is 6.03 Å². The lowest BCUT2D eigenvalue weighted by atomic mass is 9.94. The SMILES string of the molecule is O=C(NCc1ccc(Cn2cncn2)cc1)NC[C@@H]1CC=CCC1. The van der Waals surface area contributed by atoms with Crippen molar-refractivity contribution >= 4 is 6.03 Å². The fourth-order valence-electron chi connectivity index (χ4n) is 2.79. The molecule has 126 valence electrons. The molecule has 1 heterocycles. The normalized spacial score (nSPS) is 16.8. The van der Waals surface area contributed by atoms with E-state index < -0.39 is 0 Å². The third-order valence-electron chi connectivity index (χ3n) is 4.22. The molecule has 1 aliphatic rings.